The molecule has 1 saturated carbocycles. The highest BCUT2D eigenvalue weighted by atomic mass is 19.4. The van der Waals surface area contributed by atoms with Gasteiger partial charge in [-0.3, -0.25) is 9.67 Å². The minimum Gasteiger partial charge on any atom is -0.311 e. The maximum absolute atomic E-state index is 14.2. The summed E-state index contributed by atoms with van der Waals surface area (Å²) < 4.78 is 70.1. The van der Waals surface area contributed by atoms with Crippen LogP contribution in [0.3, 0.4) is 0 Å². The maximum atomic E-state index is 14.2. The smallest absolute Gasteiger partial charge is 0.311 e. The molecule has 41 heavy (non-hydrogen) atoms. The second kappa shape index (κ2) is 14.6. The standard InChI is InChI=1S/C28H33F5N4.2C2H6/c1-3-24-22-12-17(13-23(28(31,32)33)26(22)37(36-24)21-5-4-6-21)7-9-20-14-19(11-16(2)35-20)18-8-10-25(27(29)30)34-15-18;2*1-2/h8,10,12-13,15-16,19-21,27,35H,3-7,9,11,14H2,1-2H3;2*1-2H3. The molecule has 0 amide bonds. The number of nitrogens with one attached hydrogen (secondary N) is 1. The highest BCUT2D eigenvalue weighted by Gasteiger charge is 2.37. The summed E-state index contributed by atoms with van der Waals surface area (Å²) in [6.45, 7) is 12.0. The Labute approximate surface area is 241 Å². The predicted octanol–water partition coefficient (Wildman–Crippen LogP) is 9.58. The van der Waals surface area contributed by atoms with Crippen LogP contribution in [0.5, 0.6) is 0 Å². The van der Waals surface area contributed by atoms with Crippen LogP contribution in [0.1, 0.15) is 127 Å². The van der Waals surface area contributed by atoms with Crippen LogP contribution < -0.4 is 5.32 Å². The van der Waals surface area contributed by atoms with Crippen LogP contribution in [0.4, 0.5) is 22.0 Å². The van der Waals surface area contributed by atoms with Crippen molar-refractivity contribution >= 4 is 10.9 Å². The van der Waals surface area contributed by atoms with Crippen molar-refractivity contribution in [3.05, 3.63) is 58.5 Å². The van der Waals surface area contributed by atoms with Gasteiger partial charge in [-0.2, -0.15) is 18.3 Å². The summed E-state index contributed by atoms with van der Waals surface area (Å²) >= 11 is 0. The van der Waals surface area contributed by atoms with Crippen LogP contribution in [0.15, 0.2) is 30.5 Å². The van der Waals surface area contributed by atoms with Crippen LogP contribution in [0.2, 0.25) is 0 Å². The molecule has 3 unspecified atom stereocenters. The highest BCUT2D eigenvalue weighted by Crippen LogP contribution is 2.42. The fraction of sp³-hybridized carbons (Fsp3) is 0.625. The van der Waals surface area contributed by atoms with Crippen LogP contribution in [0, 0.1) is 0 Å². The molecule has 3 heterocycles. The van der Waals surface area contributed by atoms with E-state index in [0.29, 0.717) is 30.2 Å². The van der Waals surface area contributed by atoms with E-state index in [-0.39, 0.29) is 35.3 Å². The lowest BCUT2D eigenvalue weighted by Crippen LogP contribution is -2.43. The second-order valence-electron chi connectivity index (χ2n) is 10.7. The molecule has 5 rings (SSSR count). The van der Waals surface area contributed by atoms with E-state index in [4.69, 9.17) is 0 Å². The zero-order valence-electron chi connectivity index (χ0n) is 25.2. The van der Waals surface area contributed by atoms with Crippen molar-refractivity contribution in [3.63, 3.8) is 0 Å². The lowest BCUT2D eigenvalue weighted by molar-refractivity contribution is -0.136. The van der Waals surface area contributed by atoms with Gasteiger partial charge >= 0.3 is 6.18 Å². The third kappa shape index (κ3) is 7.65. The Balaban J connectivity index is 0.00000111. The van der Waals surface area contributed by atoms with Crippen molar-refractivity contribution in [3.8, 4) is 0 Å². The first kappa shape index (κ1) is 33.0. The number of alkyl halides is 5. The summed E-state index contributed by atoms with van der Waals surface area (Å²) in [5.74, 6) is 0.168. The van der Waals surface area contributed by atoms with Gasteiger partial charge in [0.1, 0.15) is 5.69 Å². The Kier molecular flexibility index (Phi) is 11.7. The number of rotatable bonds is 7. The van der Waals surface area contributed by atoms with Crippen molar-refractivity contribution < 1.29 is 22.0 Å². The number of hydrogen-bond acceptors (Lipinski definition) is 3. The van der Waals surface area contributed by atoms with Gasteiger partial charge in [0.2, 0.25) is 0 Å². The van der Waals surface area contributed by atoms with Crippen molar-refractivity contribution in [2.45, 2.75) is 130 Å². The van der Waals surface area contributed by atoms with Gasteiger partial charge in [0.05, 0.1) is 22.8 Å². The zero-order valence-corrected chi connectivity index (χ0v) is 25.2. The van der Waals surface area contributed by atoms with Crippen LogP contribution >= 0.6 is 0 Å². The molecule has 1 aromatic carbocycles. The van der Waals surface area contributed by atoms with E-state index >= 15 is 0 Å². The van der Waals surface area contributed by atoms with Crippen LogP contribution in [0.25, 0.3) is 10.9 Å². The monoisotopic (exact) mass is 580 g/mol. The summed E-state index contributed by atoms with van der Waals surface area (Å²) in [5.41, 5.74) is 1.72. The normalized spacial score (nSPS) is 21.1. The van der Waals surface area contributed by atoms with Crippen LogP contribution in [-0.4, -0.2) is 26.8 Å². The Morgan fingerprint density at radius 1 is 1.05 bits per heavy atom. The summed E-state index contributed by atoms with van der Waals surface area (Å²) in [5, 5.41) is 8.81. The molecular formula is C32H45F5N4. The van der Waals surface area contributed by atoms with Crippen molar-refractivity contribution in [2.75, 3.05) is 0 Å². The summed E-state index contributed by atoms with van der Waals surface area (Å²) in [6, 6.07) is 6.69. The first-order valence-corrected chi connectivity index (χ1v) is 15.2. The van der Waals surface area contributed by atoms with Gasteiger partial charge in [0.25, 0.3) is 6.43 Å². The number of halogens is 5. The molecule has 1 aliphatic carbocycles. The molecule has 0 spiro atoms. The van der Waals surface area contributed by atoms with E-state index in [1.807, 2.05) is 40.7 Å². The zero-order chi connectivity index (χ0) is 30.3. The van der Waals surface area contributed by atoms with E-state index in [1.165, 1.54) is 18.3 Å². The molecule has 3 aromatic rings. The van der Waals surface area contributed by atoms with E-state index < -0.39 is 18.2 Å². The lowest BCUT2D eigenvalue weighted by atomic mass is 9.82. The number of pyridine rings is 1. The average Bonchev–Trinajstić information content (AvgIpc) is 3.29. The number of nitrogens with zero attached hydrogens (tertiary/aromatic N) is 3. The first-order valence-electron chi connectivity index (χ1n) is 15.2. The minimum atomic E-state index is -4.46. The van der Waals surface area contributed by atoms with Gasteiger partial charge in [0, 0.05) is 23.7 Å². The molecule has 228 valence electrons. The fourth-order valence-electron chi connectivity index (χ4n) is 5.92. The quantitative estimate of drug-likeness (QED) is 0.283. The predicted molar refractivity (Wildman–Crippen MR) is 156 cm³/mol. The molecule has 1 saturated heterocycles. The van der Waals surface area contributed by atoms with Gasteiger partial charge in [0.15, 0.2) is 0 Å². The van der Waals surface area contributed by atoms with Crippen molar-refractivity contribution in [1.82, 2.24) is 20.1 Å². The van der Waals surface area contributed by atoms with Gasteiger partial charge in [-0.05, 0) is 93.5 Å². The number of aromatic nitrogens is 3. The van der Waals surface area contributed by atoms with Gasteiger partial charge in [-0.1, -0.05) is 40.7 Å². The number of fused-ring (bicyclic) bond motifs is 1. The van der Waals surface area contributed by atoms with Gasteiger partial charge in [-0.25, -0.2) is 8.78 Å². The average molecular weight is 581 g/mol. The summed E-state index contributed by atoms with van der Waals surface area (Å²) in [7, 11) is 0. The SMILES string of the molecule is CC.CC.CCc1nn(C2CCC2)c2c(C(F)(F)F)cc(CCC3CC(c4ccc(C(F)F)nc4)CC(C)N3)cc12. The van der Waals surface area contributed by atoms with Crippen molar-refractivity contribution in [2.24, 2.45) is 0 Å². The van der Waals surface area contributed by atoms with Gasteiger partial charge in [-0.15, -0.1) is 0 Å². The first-order chi connectivity index (χ1) is 19.6. The molecule has 2 fully saturated rings. The Morgan fingerprint density at radius 3 is 2.29 bits per heavy atom. The molecule has 2 aliphatic rings. The van der Waals surface area contributed by atoms with E-state index in [2.05, 4.69) is 22.3 Å². The lowest BCUT2D eigenvalue weighted by Gasteiger charge is -2.35. The summed E-state index contributed by atoms with van der Waals surface area (Å²) in [6.07, 6.45) is 0.662. The Hall–Kier alpha value is -2.55. The van der Waals surface area contributed by atoms with E-state index in [9.17, 15) is 22.0 Å². The Morgan fingerprint density at radius 2 is 1.76 bits per heavy atom. The minimum absolute atomic E-state index is 0.0452. The molecule has 4 nitrogen and oxygen atoms in total. The largest absolute Gasteiger partial charge is 0.418 e. The molecule has 3 atom stereocenters. The van der Waals surface area contributed by atoms with E-state index in [1.54, 1.807) is 10.7 Å². The number of hydrogen-bond donors (Lipinski definition) is 1. The Bertz CT molecular complexity index is 1230. The maximum Gasteiger partial charge on any atom is 0.418 e. The van der Waals surface area contributed by atoms with Gasteiger partial charge < -0.3 is 5.32 Å². The number of aryl methyl sites for hydroxylation is 2. The second-order valence-corrected chi connectivity index (χ2v) is 10.7. The van der Waals surface area contributed by atoms with Crippen molar-refractivity contribution in [1.29, 1.82) is 0 Å². The highest BCUT2D eigenvalue weighted by molar-refractivity contribution is 5.86. The van der Waals surface area contributed by atoms with E-state index in [0.717, 1.165) is 43.4 Å². The molecule has 9 heteroatoms. The molecule has 0 radical (unpaired) electrons. The fourth-order valence-corrected chi connectivity index (χ4v) is 5.92. The number of piperidine rings is 1. The number of benzene rings is 1. The van der Waals surface area contributed by atoms with Crippen LogP contribution in [-0.2, 0) is 19.0 Å². The third-order valence-corrected chi connectivity index (χ3v) is 8.01. The summed E-state index contributed by atoms with van der Waals surface area (Å²) in [4.78, 5) is 3.91. The molecule has 1 N–H and O–H groups in total. The molecular weight excluding hydrogens is 535 g/mol. The molecule has 1 aliphatic heterocycles. The molecule has 0 bridgehead atoms. The topological polar surface area (TPSA) is 42.7 Å². The third-order valence-electron chi connectivity index (χ3n) is 8.01. The molecule has 2 aromatic heterocycles.